The highest BCUT2D eigenvalue weighted by Gasteiger charge is 2.18. The molecule has 0 aromatic heterocycles. The van der Waals surface area contributed by atoms with Gasteiger partial charge in [0.25, 0.3) is 0 Å². The Balaban J connectivity index is 2.93. The number of hydrogen-bond donors (Lipinski definition) is 1. The fraction of sp³-hybridized carbons (Fsp3) is 0.400. The van der Waals surface area contributed by atoms with Gasteiger partial charge >= 0.3 is 0 Å². The summed E-state index contributed by atoms with van der Waals surface area (Å²) in [4.78, 5) is 0. The van der Waals surface area contributed by atoms with Crippen molar-refractivity contribution in [3.8, 4) is 5.75 Å². The summed E-state index contributed by atoms with van der Waals surface area (Å²) in [6.07, 6.45) is 0.691. The van der Waals surface area contributed by atoms with Crippen LogP contribution in [-0.4, -0.2) is 22.1 Å². The number of phenols is 1. The van der Waals surface area contributed by atoms with E-state index >= 15 is 0 Å². The first-order chi connectivity index (χ1) is 7.47. The quantitative estimate of drug-likeness (QED) is 0.638. The molecule has 1 rings (SSSR count). The minimum Gasteiger partial charge on any atom is -0.506 e. The first-order valence-electron chi connectivity index (χ1n) is 4.44. The van der Waals surface area contributed by atoms with Crippen LogP contribution in [0.1, 0.15) is 5.56 Å². The van der Waals surface area contributed by atoms with Crippen molar-refractivity contribution in [1.29, 1.82) is 0 Å². The lowest BCUT2D eigenvalue weighted by Crippen LogP contribution is -2.21. The van der Waals surface area contributed by atoms with Gasteiger partial charge in [0.2, 0.25) is 0 Å². The average Bonchev–Trinajstić information content (AvgIpc) is 2.25. The summed E-state index contributed by atoms with van der Waals surface area (Å²) in [6, 6.07) is 3.77. The summed E-state index contributed by atoms with van der Waals surface area (Å²) >= 11 is 13.5. The Morgan fingerprint density at radius 3 is 2.44 bits per heavy atom. The van der Waals surface area contributed by atoms with E-state index in [0.717, 1.165) is 5.56 Å². The number of ether oxygens (including phenoxy) is 1. The van der Waals surface area contributed by atoms with Crippen LogP contribution in [0.4, 0.5) is 0 Å². The summed E-state index contributed by atoms with van der Waals surface area (Å²) in [5, 5.41) is 9.75. The maximum Gasteiger partial charge on any atom is 0.144 e. The van der Waals surface area contributed by atoms with E-state index in [2.05, 4.69) is 63.7 Å². The number of methoxy groups -OCH3 is 1. The fourth-order valence-electron chi connectivity index (χ4n) is 1.23. The standard InChI is InChI=1S/C10H10Br4O2/c1-16-7(10(13)14)4-5-2-3-6(11)9(15)8(5)12/h2-3,7,10,15H,4H2,1H3. The third-order valence-electron chi connectivity index (χ3n) is 2.15. The number of hydrogen-bond acceptors (Lipinski definition) is 2. The molecule has 0 amide bonds. The molecule has 0 aliphatic rings. The Bertz CT molecular complexity index is 368. The normalized spacial score (nSPS) is 13.1. The average molecular weight is 482 g/mol. The molecule has 1 aromatic carbocycles. The van der Waals surface area contributed by atoms with Crippen molar-refractivity contribution >= 4 is 63.7 Å². The first kappa shape index (κ1) is 15.0. The molecule has 1 unspecified atom stereocenters. The zero-order valence-corrected chi connectivity index (χ0v) is 14.7. The van der Waals surface area contributed by atoms with Crippen molar-refractivity contribution in [2.45, 2.75) is 16.3 Å². The van der Waals surface area contributed by atoms with Gasteiger partial charge in [-0.1, -0.05) is 37.9 Å². The van der Waals surface area contributed by atoms with Crippen molar-refractivity contribution in [1.82, 2.24) is 0 Å². The van der Waals surface area contributed by atoms with E-state index in [9.17, 15) is 5.11 Å². The second kappa shape index (κ2) is 6.73. The number of aromatic hydroxyl groups is 1. The molecule has 0 spiro atoms. The second-order valence-corrected chi connectivity index (χ2v) is 8.03. The van der Waals surface area contributed by atoms with Crippen molar-refractivity contribution in [3.05, 3.63) is 26.6 Å². The zero-order valence-electron chi connectivity index (χ0n) is 8.38. The molecule has 1 atom stereocenters. The van der Waals surface area contributed by atoms with Crippen LogP contribution in [0.15, 0.2) is 21.1 Å². The molecule has 1 N–H and O–H groups in total. The summed E-state index contributed by atoms with van der Waals surface area (Å²) in [7, 11) is 1.66. The van der Waals surface area contributed by atoms with Crippen molar-refractivity contribution in [2.24, 2.45) is 0 Å². The molecule has 0 aliphatic carbocycles. The molecular weight excluding hydrogens is 472 g/mol. The minimum absolute atomic E-state index is 0.00289. The molecule has 0 aliphatic heterocycles. The Morgan fingerprint density at radius 2 is 1.94 bits per heavy atom. The van der Waals surface area contributed by atoms with Crippen LogP contribution in [0.25, 0.3) is 0 Å². The molecule has 90 valence electrons. The van der Waals surface area contributed by atoms with Gasteiger partial charge in [-0.05, 0) is 43.5 Å². The third kappa shape index (κ3) is 3.70. The van der Waals surface area contributed by atoms with Gasteiger partial charge in [-0.15, -0.1) is 0 Å². The molecule has 2 nitrogen and oxygen atoms in total. The Labute approximate surface area is 128 Å². The van der Waals surface area contributed by atoms with E-state index in [4.69, 9.17) is 4.74 Å². The second-order valence-electron chi connectivity index (χ2n) is 3.18. The van der Waals surface area contributed by atoms with Crippen molar-refractivity contribution < 1.29 is 9.84 Å². The number of alkyl halides is 2. The van der Waals surface area contributed by atoms with Crippen LogP contribution >= 0.6 is 63.7 Å². The maximum absolute atomic E-state index is 9.75. The molecular formula is C10H10Br4O2. The zero-order chi connectivity index (χ0) is 12.3. The summed E-state index contributed by atoms with van der Waals surface area (Å²) < 4.78 is 6.78. The van der Waals surface area contributed by atoms with Gasteiger partial charge in [-0.2, -0.15) is 0 Å². The molecule has 16 heavy (non-hydrogen) atoms. The van der Waals surface area contributed by atoms with E-state index < -0.39 is 0 Å². The first-order valence-corrected chi connectivity index (χ1v) is 7.86. The Morgan fingerprint density at radius 1 is 1.31 bits per heavy atom. The van der Waals surface area contributed by atoms with Gasteiger partial charge in [0, 0.05) is 13.5 Å². The number of halogens is 4. The van der Waals surface area contributed by atoms with Crippen LogP contribution < -0.4 is 0 Å². The van der Waals surface area contributed by atoms with Gasteiger partial charge < -0.3 is 9.84 Å². The number of phenolic OH excluding ortho intramolecular Hbond substituents is 1. The van der Waals surface area contributed by atoms with Gasteiger partial charge in [-0.3, -0.25) is 0 Å². The van der Waals surface area contributed by atoms with Crippen molar-refractivity contribution in [2.75, 3.05) is 7.11 Å². The van der Waals surface area contributed by atoms with Gasteiger partial charge in [0.1, 0.15) is 5.75 Å². The van der Waals surface area contributed by atoms with Crippen LogP contribution in [-0.2, 0) is 11.2 Å². The predicted molar refractivity (Wildman–Crippen MR) is 79.6 cm³/mol. The number of benzene rings is 1. The van der Waals surface area contributed by atoms with E-state index in [0.29, 0.717) is 15.4 Å². The molecule has 0 heterocycles. The third-order valence-corrected chi connectivity index (χ3v) is 4.86. The number of rotatable bonds is 4. The molecule has 0 radical (unpaired) electrons. The predicted octanol–water partition coefficient (Wildman–Crippen LogP) is 4.59. The Kier molecular flexibility index (Phi) is 6.29. The van der Waals surface area contributed by atoms with E-state index in [1.54, 1.807) is 7.11 Å². The van der Waals surface area contributed by atoms with Gasteiger partial charge in [0.15, 0.2) is 0 Å². The SMILES string of the molecule is COC(Cc1ccc(Br)c(O)c1Br)C(Br)Br. The lowest BCUT2D eigenvalue weighted by Gasteiger charge is -2.18. The smallest absolute Gasteiger partial charge is 0.144 e. The molecule has 6 heteroatoms. The highest BCUT2D eigenvalue weighted by atomic mass is 79.9. The summed E-state index contributed by atoms with van der Waals surface area (Å²) in [6.45, 7) is 0. The molecule has 0 saturated heterocycles. The minimum atomic E-state index is -0.00289. The van der Waals surface area contributed by atoms with E-state index in [-0.39, 0.29) is 15.6 Å². The lowest BCUT2D eigenvalue weighted by molar-refractivity contribution is 0.118. The topological polar surface area (TPSA) is 29.5 Å². The van der Waals surface area contributed by atoms with Crippen LogP contribution in [0.3, 0.4) is 0 Å². The summed E-state index contributed by atoms with van der Waals surface area (Å²) in [5.41, 5.74) is 0.997. The monoisotopic (exact) mass is 478 g/mol. The van der Waals surface area contributed by atoms with E-state index in [1.165, 1.54) is 0 Å². The van der Waals surface area contributed by atoms with E-state index in [1.807, 2.05) is 12.1 Å². The molecule has 0 saturated carbocycles. The fourth-order valence-corrected chi connectivity index (χ4v) is 3.14. The lowest BCUT2D eigenvalue weighted by atomic mass is 10.1. The molecule has 0 fully saturated rings. The van der Waals surface area contributed by atoms with Gasteiger partial charge in [-0.25, -0.2) is 0 Å². The molecule has 0 bridgehead atoms. The van der Waals surface area contributed by atoms with Crippen LogP contribution in [0.2, 0.25) is 0 Å². The van der Waals surface area contributed by atoms with Crippen LogP contribution in [0, 0.1) is 0 Å². The van der Waals surface area contributed by atoms with Crippen molar-refractivity contribution in [3.63, 3.8) is 0 Å². The van der Waals surface area contributed by atoms with Crippen LogP contribution in [0.5, 0.6) is 5.75 Å². The molecule has 1 aromatic rings. The van der Waals surface area contributed by atoms with Gasteiger partial charge in [0.05, 0.1) is 18.8 Å². The summed E-state index contributed by atoms with van der Waals surface area (Å²) in [5.74, 6) is 0.216. The Hall–Kier alpha value is 0.900. The highest BCUT2D eigenvalue weighted by molar-refractivity contribution is 9.24. The highest BCUT2D eigenvalue weighted by Crippen LogP contribution is 2.36. The maximum atomic E-state index is 9.75. The largest absolute Gasteiger partial charge is 0.506 e.